The van der Waals surface area contributed by atoms with Crippen molar-refractivity contribution in [3.8, 4) is 0 Å². The molecule has 0 saturated heterocycles. The number of hydrogen-bond acceptors (Lipinski definition) is 2. The van der Waals surface area contributed by atoms with Crippen molar-refractivity contribution in [3.63, 3.8) is 0 Å². The van der Waals surface area contributed by atoms with Crippen LogP contribution in [0.25, 0.3) is 0 Å². The van der Waals surface area contributed by atoms with Gasteiger partial charge in [0.25, 0.3) is 0 Å². The van der Waals surface area contributed by atoms with Crippen molar-refractivity contribution in [1.82, 2.24) is 5.32 Å². The van der Waals surface area contributed by atoms with Gasteiger partial charge in [0, 0.05) is 16.7 Å². The summed E-state index contributed by atoms with van der Waals surface area (Å²) in [6.07, 6.45) is 0. The molecule has 2 heteroatoms. The maximum atomic E-state index is 3.27. The lowest BCUT2D eigenvalue weighted by molar-refractivity contribution is 0.652. The molecule has 0 heterocycles. The van der Waals surface area contributed by atoms with Crippen LogP contribution in [-0.2, 0) is 5.75 Å². The molecule has 0 aliphatic rings. The number of rotatable bonds is 5. The number of nitrogens with one attached hydrogen (secondary N) is 1. The third-order valence-corrected chi connectivity index (χ3v) is 5.08. The van der Waals surface area contributed by atoms with Crippen molar-refractivity contribution in [2.45, 2.75) is 44.4 Å². The van der Waals surface area contributed by atoms with Crippen molar-refractivity contribution >= 4 is 11.8 Å². The summed E-state index contributed by atoms with van der Waals surface area (Å²) in [5.74, 6) is 1.04. The fourth-order valence-corrected chi connectivity index (χ4v) is 3.71. The number of thioether (sulfide) groups is 1. The molecule has 1 unspecified atom stereocenters. The van der Waals surface area contributed by atoms with Crippen molar-refractivity contribution in [3.05, 3.63) is 64.2 Å². The molecular formula is C19H25NS. The average Bonchev–Trinajstić information content (AvgIpc) is 2.46. The van der Waals surface area contributed by atoms with E-state index in [1.165, 1.54) is 32.7 Å². The van der Waals surface area contributed by atoms with Crippen molar-refractivity contribution < 1.29 is 0 Å². The highest BCUT2D eigenvalue weighted by Crippen LogP contribution is 2.28. The summed E-state index contributed by atoms with van der Waals surface area (Å²) in [6, 6.07) is 13.9. The van der Waals surface area contributed by atoms with Crippen molar-refractivity contribution in [2.24, 2.45) is 0 Å². The zero-order valence-corrected chi connectivity index (χ0v) is 14.5. The quantitative estimate of drug-likeness (QED) is 0.763. The Hall–Kier alpha value is -1.25. The first-order valence-corrected chi connectivity index (χ1v) is 8.46. The molecule has 2 aromatic carbocycles. The van der Waals surface area contributed by atoms with Crippen LogP contribution in [0, 0.1) is 20.8 Å². The second kappa shape index (κ2) is 7.15. The van der Waals surface area contributed by atoms with Crippen LogP contribution in [0.1, 0.15) is 40.8 Å². The van der Waals surface area contributed by atoms with E-state index in [1.54, 1.807) is 0 Å². The Morgan fingerprint density at radius 3 is 2.10 bits per heavy atom. The van der Waals surface area contributed by atoms with Gasteiger partial charge in [-0.25, -0.2) is 0 Å². The summed E-state index contributed by atoms with van der Waals surface area (Å²) in [6.45, 7) is 8.78. The van der Waals surface area contributed by atoms with Crippen molar-refractivity contribution in [1.29, 1.82) is 0 Å². The van der Waals surface area contributed by atoms with Crippen LogP contribution in [0.15, 0.2) is 41.3 Å². The third-order valence-electron chi connectivity index (χ3n) is 4.04. The molecule has 2 rings (SSSR count). The van der Waals surface area contributed by atoms with E-state index in [4.69, 9.17) is 0 Å². The molecule has 0 fully saturated rings. The zero-order chi connectivity index (χ0) is 15.4. The molecule has 0 spiro atoms. The van der Waals surface area contributed by atoms with Crippen LogP contribution < -0.4 is 5.32 Å². The maximum absolute atomic E-state index is 3.27. The molecular weight excluding hydrogens is 274 g/mol. The van der Waals surface area contributed by atoms with E-state index >= 15 is 0 Å². The van der Waals surface area contributed by atoms with Gasteiger partial charge in [-0.3, -0.25) is 0 Å². The summed E-state index contributed by atoms with van der Waals surface area (Å²) >= 11 is 1.92. The highest BCUT2D eigenvalue weighted by Gasteiger charge is 2.06. The van der Waals surface area contributed by atoms with Gasteiger partial charge in [0.1, 0.15) is 0 Å². The summed E-state index contributed by atoms with van der Waals surface area (Å²) in [5.41, 5.74) is 6.97. The summed E-state index contributed by atoms with van der Waals surface area (Å²) in [4.78, 5) is 1.33. The lowest BCUT2D eigenvalue weighted by Crippen LogP contribution is -2.11. The molecule has 0 radical (unpaired) electrons. The molecule has 0 amide bonds. The molecule has 21 heavy (non-hydrogen) atoms. The highest BCUT2D eigenvalue weighted by atomic mass is 32.2. The van der Waals surface area contributed by atoms with Gasteiger partial charge in [0.05, 0.1) is 0 Å². The number of benzene rings is 2. The van der Waals surface area contributed by atoms with Gasteiger partial charge < -0.3 is 5.32 Å². The molecule has 0 aromatic heterocycles. The van der Waals surface area contributed by atoms with Gasteiger partial charge in [-0.15, -0.1) is 11.8 Å². The zero-order valence-electron chi connectivity index (χ0n) is 13.7. The lowest BCUT2D eigenvalue weighted by Gasteiger charge is -2.13. The molecule has 0 aliphatic carbocycles. The van der Waals surface area contributed by atoms with Crippen LogP contribution in [0.4, 0.5) is 0 Å². The normalized spacial score (nSPS) is 12.4. The molecule has 0 aliphatic heterocycles. The Balaban J connectivity index is 2.07. The Kier molecular flexibility index (Phi) is 5.49. The number of aryl methyl sites for hydroxylation is 3. The minimum Gasteiger partial charge on any atom is -0.313 e. The summed E-state index contributed by atoms with van der Waals surface area (Å²) in [7, 11) is 2.00. The lowest BCUT2D eigenvalue weighted by atomic mass is 10.0. The Labute approximate surface area is 133 Å². The Morgan fingerprint density at radius 1 is 1.00 bits per heavy atom. The van der Waals surface area contributed by atoms with Crippen LogP contribution in [0.2, 0.25) is 0 Å². The first-order valence-electron chi connectivity index (χ1n) is 7.48. The second-order valence-electron chi connectivity index (χ2n) is 5.75. The molecule has 1 N–H and O–H groups in total. The second-order valence-corrected chi connectivity index (χ2v) is 6.79. The molecule has 1 atom stereocenters. The smallest absolute Gasteiger partial charge is 0.0289 e. The molecule has 0 saturated carbocycles. The van der Waals surface area contributed by atoms with Crippen LogP contribution in [0.3, 0.4) is 0 Å². The Morgan fingerprint density at radius 2 is 1.57 bits per heavy atom. The van der Waals surface area contributed by atoms with Crippen molar-refractivity contribution in [2.75, 3.05) is 7.05 Å². The minimum atomic E-state index is 0.408. The highest BCUT2D eigenvalue weighted by molar-refractivity contribution is 7.98. The van der Waals surface area contributed by atoms with E-state index in [1.807, 2.05) is 18.8 Å². The van der Waals surface area contributed by atoms with E-state index in [-0.39, 0.29) is 0 Å². The van der Waals surface area contributed by atoms with Gasteiger partial charge in [0.2, 0.25) is 0 Å². The fourth-order valence-electron chi connectivity index (χ4n) is 2.61. The molecule has 0 bridgehead atoms. The van der Waals surface area contributed by atoms with Gasteiger partial charge in [0.15, 0.2) is 0 Å². The first kappa shape index (κ1) is 16.1. The Bertz CT molecular complexity index is 578. The SMILES string of the molecule is CNC(C)c1ccc(SCc2c(C)cc(C)cc2C)cc1. The summed E-state index contributed by atoms with van der Waals surface area (Å²) < 4.78 is 0. The van der Waals surface area contributed by atoms with Gasteiger partial charge >= 0.3 is 0 Å². The third kappa shape index (κ3) is 4.12. The number of hydrogen-bond donors (Lipinski definition) is 1. The van der Waals surface area contributed by atoms with Crippen LogP contribution in [-0.4, -0.2) is 7.05 Å². The fraction of sp³-hybridized carbons (Fsp3) is 0.368. The molecule has 1 nitrogen and oxygen atoms in total. The molecule has 2 aromatic rings. The topological polar surface area (TPSA) is 12.0 Å². The van der Waals surface area contributed by atoms with E-state index < -0.39 is 0 Å². The first-order chi connectivity index (χ1) is 10.0. The summed E-state index contributed by atoms with van der Waals surface area (Å²) in [5, 5.41) is 3.27. The predicted octanol–water partition coefficient (Wildman–Crippen LogP) is 5.18. The van der Waals surface area contributed by atoms with E-state index in [0.29, 0.717) is 6.04 Å². The van der Waals surface area contributed by atoms with E-state index in [2.05, 4.69) is 69.4 Å². The minimum absolute atomic E-state index is 0.408. The van der Waals surface area contributed by atoms with Crippen LogP contribution in [0.5, 0.6) is 0 Å². The van der Waals surface area contributed by atoms with E-state index in [9.17, 15) is 0 Å². The average molecular weight is 299 g/mol. The standard InChI is InChI=1S/C19H25NS/c1-13-10-14(2)19(15(3)11-13)12-21-18-8-6-17(7-9-18)16(4)20-5/h6-11,16,20H,12H2,1-5H3. The van der Waals surface area contributed by atoms with E-state index in [0.717, 1.165) is 5.75 Å². The van der Waals surface area contributed by atoms with Gasteiger partial charge in [-0.05, 0) is 69.1 Å². The van der Waals surface area contributed by atoms with Gasteiger partial charge in [-0.1, -0.05) is 29.8 Å². The monoisotopic (exact) mass is 299 g/mol. The van der Waals surface area contributed by atoms with Gasteiger partial charge in [-0.2, -0.15) is 0 Å². The predicted molar refractivity (Wildman–Crippen MR) is 94.1 cm³/mol. The largest absolute Gasteiger partial charge is 0.313 e. The molecule has 112 valence electrons. The van der Waals surface area contributed by atoms with Crippen LogP contribution >= 0.6 is 11.8 Å². The maximum Gasteiger partial charge on any atom is 0.0289 e.